The maximum atomic E-state index is 5.41. The van der Waals surface area contributed by atoms with Gasteiger partial charge >= 0.3 is 0 Å². The Morgan fingerprint density at radius 2 is 2.07 bits per heavy atom. The average Bonchev–Trinajstić information content (AvgIpc) is 2.29. The molecule has 2 unspecified atom stereocenters. The number of piperidine rings is 1. The number of para-hydroxylation sites is 1. The van der Waals surface area contributed by atoms with Crippen molar-refractivity contribution in [3.05, 3.63) is 29.8 Å². The number of hydrogen-bond donors (Lipinski definition) is 1. The van der Waals surface area contributed by atoms with Gasteiger partial charge in [0.05, 0.1) is 7.11 Å². The molecule has 0 spiro atoms. The van der Waals surface area contributed by atoms with E-state index < -0.39 is 0 Å². The van der Waals surface area contributed by atoms with Crippen LogP contribution in [-0.4, -0.2) is 20.2 Å². The molecule has 2 heteroatoms. The van der Waals surface area contributed by atoms with Crippen LogP contribution in [0.2, 0.25) is 0 Å². The summed E-state index contributed by atoms with van der Waals surface area (Å²) in [6.07, 6.45) is 1.26. The topological polar surface area (TPSA) is 21.3 Å². The van der Waals surface area contributed by atoms with Gasteiger partial charge < -0.3 is 10.1 Å². The molecule has 0 saturated carbocycles. The summed E-state index contributed by atoms with van der Waals surface area (Å²) >= 11 is 0. The minimum Gasteiger partial charge on any atom is -0.496 e. The molecule has 0 bridgehead atoms. The van der Waals surface area contributed by atoms with Gasteiger partial charge in [0.1, 0.15) is 5.75 Å². The van der Waals surface area contributed by atoms with E-state index in [4.69, 9.17) is 4.74 Å². The third kappa shape index (κ3) is 2.32. The lowest BCUT2D eigenvalue weighted by atomic mass is 9.86. The number of nitrogens with one attached hydrogen (secondary N) is 1. The molecule has 0 radical (unpaired) electrons. The summed E-state index contributed by atoms with van der Waals surface area (Å²) in [4.78, 5) is 0. The number of rotatable bonds is 2. The third-order valence-corrected chi connectivity index (χ3v) is 3.15. The number of methoxy groups -OCH3 is 1. The normalized spacial score (nSPS) is 26.3. The molecule has 2 nitrogen and oxygen atoms in total. The Bertz CT molecular complexity index is 324. The quantitative estimate of drug-likeness (QED) is 0.800. The molecule has 2 rings (SSSR count). The Balaban J connectivity index is 2.20. The van der Waals surface area contributed by atoms with E-state index in [1.807, 2.05) is 6.07 Å². The highest BCUT2D eigenvalue weighted by Crippen LogP contribution is 2.32. The summed E-state index contributed by atoms with van der Waals surface area (Å²) in [5.41, 5.74) is 1.35. The molecular formula is C13H19NO. The van der Waals surface area contributed by atoms with Gasteiger partial charge in [-0.15, -0.1) is 0 Å². The van der Waals surface area contributed by atoms with Gasteiger partial charge in [-0.1, -0.05) is 25.1 Å². The molecule has 1 aliphatic heterocycles. The standard InChI is InChI=1S/C13H19NO/c1-10-7-11(9-14-8-10)12-5-3-4-6-13(12)15-2/h3-6,10-11,14H,7-9H2,1-2H3. The van der Waals surface area contributed by atoms with Gasteiger partial charge in [-0.05, 0) is 30.5 Å². The second-order valence-corrected chi connectivity index (χ2v) is 4.44. The lowest BCUT2D eigenvalue weighted by Crippen LogP contribution is -2.33. The molecule has 15 heavy (non-hydrogen) atoms. The Morgan fingerprint density at radius 1 is 1.27 bits per heavy atom. The van der Waals surface area contributed by atoms with Crippen molar-refractivity contribution < 1.29 is 4.74 Å². The summed E-state index contributed by atoms with van der Waals surface area (Å²) in [7, 11) is 1.75. The first-order valence-corrected chi connectivity index (χ1v) is 5.65. The molecule has 1 heterocycles. The molecule has 0 aromatic heterocycles. The fourth-order valence-electron chi connectivity index (χ4n) is 2.40. The van der Waals surface area contributed by atoms with Crippen LogP contribution < -0.4 is 10.1 Å². The van der Waals surface area contributed by atoms with Crippen molar-refractivity contribution in [2.75, 3.05) is 20.2 Å². The highest BCUT2D eigenvalue weighted by atomic mass is 16.5. The van der Waals surface area contributed by atoms with E-state index in [9.17, 15) is 0 Å². The van der Waals surface area contributed by atoms with E-state index in [0.717, 1.165) is 24.8 Å². The van der Waals surface area contributed by atoms with Gasteiger partial charge in [0.2, 0.25) is 0 Å². The smallest absolute Gasteiger partial charge is 0.122 e. The highest BCUT2D eigenvalue weighted by Gasteiger charge is 2.22. The number of benzene rings is 1. The van der Waals surface area contributed by atoms with Crippen LogP contribution in [0.3, 0.4) is 0 Å². The fraction of sp³-hybridized carbons (Fsp3) is 0.538. The fourth-order valence-corrected chi connectivity index (χ4v) is 2.40. The maximum Gasteiger partial charge on any atom is 0.122 e. The zero-order valence-corrected chi connectivity index (χ0v) is 9.49. The Kier molecular flexibility index (Phi) is 3.27. The van der Waals surface area contributed by atoms with E-state index in [2.05, 4.69) is 30.4 Å². The first-order chi connectivity index (χ1) is 7.31. The van der Waals surface area contributed by atoms with Crippen LogP contribution in [0, 0.1) is 5.92 Å². The molecule has 82 valence electrons. The van der Waals surface area contributed by atoms with Crippen LogP contribution in [-0.2, 0) is 0 Å². The van der Waals surface area contributed by atoms with Crippen molar-refractivity contribution >= 4 is 0 Å². The molecule has 0 amide bonds. The van der Waals surface area contributed by atoms with Gasteiger partial charge in [0, 0.05) is 12.5 Å². The summed E-state index contributed by atoms with van der Waals surface area (Å²) < 4.78 is 5.41. The van der Waals surface area contributed by atoms with Crippen LogP contribution in [0.1, 0.15) is 24.8 Å². The van der Waals surface area contributed by atoms with Gasteiger partial charge in [0.25, 0.3) is 0 Å². The zero-order valence-electron chi connectivity index (χ0n) is 9.49. The van der Waals surface area contributed by atoms with Gasteiger partial charge in [-0.2, -0.15) is 0 Å². The van der Waals surface area contributed by atoms with Crippen LogP contribution in [0.5, 0.6) is 5.75 Å². The zero-order chi connectivity index (χ0) is 10.7. The van der Waals surface area contributed by atoms with Crippen LogP contribution in [0.25, 0.3) is 0 Å². The molecular weight excluding hydrogens is 186 g/mol. The monoisotopic (exact) mass is 205 g/mol. The summed E-state index contributed by atoms with van der Waals surface area (Å²) in [6, 6.07) is 8.36. The summed E-state index contributed by atoms with van der Waals surface area (Å²) in [5, 5.41) is 3.48. The van der Waals surface area contributed by atoms with Crippen molar-refractivity contribution in [1.29, 1.82) is 0 Å². The minimum atomic E-state index is 0.602. The van der Waals surface area contributed by atoms with Crippen molar-refractivity contribution in [3.8, 4) is 5.75 Å². The van der Waals surface area contributed by atoms with E-state index in [-0.39, 0.29) is 0 Å². The predicted molar refractivity (Wildman–Crippen MR) is 62.4 cm³/mol. The molecule has 0 aliphatic carbocycles. The van der Waals surface area contributed by atoms with Crippen molar-refractivity contribution in [2.45, 2.75) is 19.3 Å². The van der Waals surface area contributed by atoms with E-state index >= 15 is 0 Å². The minimum absolute atomic E-state index is 0.602. The lowest BCUT2D eigenvalue weighted by molar-refractivity contribution is 0.349. The second-order valence-electron chi connectivity index (χ2n) is 4.44. The lowest BCUT2D eigenvalue weighted by Gasteiger charge is -2.28. The van der Waals surface area contributed by atoms with Crippen molar-refractivity contribution in [1.82, 2.24) is 5.32 Å². The highest BCUT2D eigenvalue weighted by molar-refractivity contribution is 5.36. The summed E-state index contributed by atoms with van der Waals surface area (Å²) in [6.45, 7) is 4.52. The van der Waals surface area contributed by atoms with Gasteiger partial charge in [0.15, 0.2) is 0 Å². The van der Waals surface area contributed by atoms with E-state index in [0.29, 0.717) is 5.92 Å². The first kappa shape index (κ1) is 10.5. The Morgan fingerprint density at radius 3 is 2.80 bits per heavy atom. The molecule has 1 N–H and O–H groups in total. The predicted octanol–water partition coefficient (Wildman–Crippen LogP) is 2.41. The van der Waals surface area contributed by atoms with Crippen LogP contribution in [0.4, 0.5) is 0 Å². The average molecular weight is 205 g/mol. The van der Waals surface area contributed by atoms with Gasteiger partial charge in [-0.25, -0.2) is 0 Å². The SMILES string of the molecule is COc1ccccc1C1CNCC(C)C1. The number of ether oxygens (including phenoxy) is 1. The largest absolute Gasteiger partial charge is 0.496 e. The van der Waals surface area contributed by atoms with E-state index in [1.54, 1.807) is 7.11 Å². The van der Waals surface area contributed by atoms with Crippen LogP contribution in [0.15, 0.2) is 24.3 Å². The van der Waals surface area contributed by atoms with E-state index in [1.165, 1.54) is 12.0 Å². The van der Waals surface area contributed by atoms with Crippen molar-refractivity contribution in [2.24, 2.45) is 5.92 Å². The molecule has 1 aromatic rings. The second kappa shape index (κ2) is 4.67. The molecule has 1 fully saturated rings. The third-order valence-electron chi connectivity index (χ3n) is 3.15. The van der Waals surface area contributed by atoms with Crippen molar-refractivity contribution in [3.63, 3.8) is 0 Å². The molecule has 2 atom stereocenters. The summed E-state index contributed by atoms with van der Waals surface area (Å²) in [5.74, 6) is 2.39. The molecule has 1 aromatic carbocycles. The Labute approximate surface area is 91.6 Å². The van der Waals surface area contributed by atoms with Crippen LogP contribution >= 0.6 is 0 Å². The maximum absolute atomic E-state index is 5.41. The first-order valence-electron chi connectivity index (χ1n) is 5.65. The molecule has 1 aliphatic rings. The molecule has 1 saturated heterocycles. The van der Waals surface area contributed by atoms with Gasteiger partial charge in [-0.3, -0.25) is 0 Å². The number of hydrogen-bond acceptors (Lipinski definition) is 2. The Hall–Kier alpha value is -1.02.